The normalized spacial score (nSPS) is 18.1. The molecule has 1 fully saturated rings. The standard InChI is InChI=1S/C20H17F2N5O2S2/c1-8-14(10-7-23-27-16(10)17(15(8)22)30-5-4-28)12-2-3-13-19(24-12)31-20(25-13)26-18(29)9-6-11(9)21/h2-3,7,9,11,28H,4-6H2,1H3,(H,23,27)(H,25,26,29)/t9-,11+/m1/s1. The molecule has 0 radical (unpaired) electrons. The smallest absolute Gasteiger partial charge is 0.232 e. The number of benzene rings is 1. The number of aliphatic hydroxyl groups excluding tert-OH is 1. The lowest BCUT2D eigenvalue weighted by Gasteiger charge is -2.12. The third-order valence-electron chi connectivity index (χ3n) is 5.17. The lowest BCUT2D eigenvalue weighted by Crippen LogP contribution is -2.14. The van der Waals surface area contributed by atoms with Crippen LogP contribution in [0, 0.1) is 18.7 Å². The van der Waals surface area contributed by atoms with Crippen LogP contribution < -0.4 is 5.32 Å². The molecule has 31 heavy (non-hydrogen) atoms. The first-order chi connectivity index (χ1) is 15.0. The number of aromatic nitrogens is 4. The summed E-state index contributed by atoms with van der Waals surface area (Å²) in [4.78, 5) is 22.0. The number of H-pyrrole nitrogens is 1. The van der Waals surface area contributed by atoms with Crippen LogP contribution in [0.25, 0.3) is 32.5 Å². The minimum Gasteiger partial charge on any atom is -0.396 e. The average Bonchev–Trinajstić information content (AvgIpc) is 3.12. The number of alkyl halides is 1. The molecule has 3 aromatic heterocycles. The molecule has 0 unspecified atom stereocenters. The molecule has 1 aliphatic carbocycles. The second-order valence-electron chi connectivity index (χ2n) is 7.26. The highest BCUT2D eigenvalue weighted by molar-refractivity contribution is 7.99. The predicted octanol–water partition coefficient (Wildman–Crippen LogP) is 4.06. The van der Waals surface area contributed by atoms with Gasteiger partial charge >= 0.3 is 0 Å². The fourth-order valence-corrected chi connectivity index (χ4v) is 5.21. The van der Waals surface area contributed by atoms with E-state index < -0.39 is 12.1 Å². The third kappa shape index (κ3) is 3.56. The molecule has 1 aliphatic rings. The molecule has 2 atom stereocenters. The summed E-state index contributed by atoms with van der Waals surface area (Å²) in [5.74, 6) is -0.985. The Labute approximate surface area is 183 Å². The van der Waals surface area contributed by atoms with Gasteiger partial charge in [-0.2, -0.15) is 5.10 Å². The highest BCUT2D eigenvalue weighted by atomic mass is 32.2. The monoisotopic (exact) mass is 461 g/mol. The second kappa shape index (κ2) is 7.81. The number of hydrogen-bond donors (Lipinski definition) is 3. The molecule has 1 saturated carbocycles. The van der Waals surface area contributed by atoms with Crippen molar-refractivity contribution in [2.24, 2.45) is 5.92 Å². The van der Waals surface area contributed by atoms with Crippen molar-refractivity contribution in [1.29, 1.82) is 0 Å². The topological polar surface area (TPSA) is 104 Å². The molecule has 7 nitrogen and oxygen atoms in total. The number of thiazole rings is 1. The van der Waals surface area contributed by atoms with E-state index in [1.54, 1.807) is 25.3 Å². The van der Waals surface area contributed by atoms with Crippen molar-refractivity contribution in [2.75, 3.05) is 17.7 Å². The fraction of sp³-hybridized carbons (Fsp3) is 0.300. The number of halogens is 2. The van der Waals surface area contributed by atoms with Crippen molar-refractivity contribution >= 4 is 55.4 Å². The molecule has 0 spiro atoms. The lowest BCUT2D eigenvalue weighted by atomic mass is 10.00. The Morgan fingerprint density at radius 1 is 1.42 bits per heavy atom. The quantitative estimate of drug-likeness (QED) is 0.374. The van der Waals surface area contributed by atoms with E-state index in [4.69, 9.17) is 5.11 Å². The lowest BCUT2D eigenvalue weighted by molar-refractivity contribution is -0.117. The maximum Gasteiger partial charge on any atom is 0.232 e. The number of pyridine rings is 1. The third-order valence-corrected chi connectivity index (χ3v) is 7.11. The van der Waals surface area contributed by atoms with Gasteiger partial charge in [-0.25, -0.2) is 18.7 Å². The van der Waals surface area contributed by atoms with Crippen LogP contribution in [0.1, 0.15) is 12.0 Å². The predicted molar refractivity (Wildman–Crippen MR) is 117 cm³/mol. The van der Waals surface area contributed by atoms with E-state index in [0.717, 1.165) is 5.39 Å². The molecule has 5 rings (SSSR count). The summed E-state index contributed by atoms with van der Waals surface area (Å²) in [6.07, 6.45) is 0.803. The number of fused-ring (bicyclic) bond motifs is 2. The first-order valence-corrected chi connectivity index (χ1v) is 11.4. The number of anilines is 1. The summed E-state index contributed by atoms with van der Waals surface area (Å²) < 4.78 is 28.3. The molecule has 3 heterocycles. The molecular formula is C20H17F2N5O2S2. The minimum absolute atomic E-state index is 0.0598. The Morgan fingerprint density at radius 3 is 2.97 bits per heavy atom. The summed E-state index contributed by atoms with van der Waals surface area (Å²) in [5.41, 5.74) is 2.76. The Hall–Kier alpha value is -2.63. The number of carbonyl (C=O) groups is 1. The van der Waals surface area contributed by atoms with E-state index in [9.17, 15) is 9.18 Å². The molecular weight excluding hydrogens is 444 g/mol. The number of carbonyl (C=O) groups excluding carboxylic acids is 1. The van der Waals surface area contributed by atoms with Crippen LogP contribution in [0.3, 0.4) is 0 Å². The van der Waals surface area contributed by atoms with Crippen LogP contribution in [0.5, 0.6) is 0 Å². The van der Waals surface area contributed by atoms with Crippen molar-refractivity contribution in [1.82, 2.24) is 20.2 Å². The molecule has 11 heteroatoms. The van der Waals surface area contributed by atoms with Gasteiger partial charge in [0.25, 0.3) is 0 Å². The number of rotatable bonds is 6. The van der Waals surface area contributed by atoms with Crippen LogP contribution >= 0.6 is 23.1 Å². The molecule has 0 aliphatic heterocycles. The maximum absolute atomic E-state index is 15.2. The highest BCUT2D eigenvalue weighted by Gasteiger charge is 2.43. The zero-order chi connectivity index (χ0) is 21.7. The van der Waals surface area contributed by atoms with E-state index in [2.05, 4.69) is 25.5 Å². The van der Waals surface area contributed by atoms with Gasteiger partial charge in [0.05, 0.1) is 34.8 Å². The fourth-order valence-electron chi connectivity index (χ4n) is 3.50. The van der Waals surface area contributed by atoms with Crippen LogP contribution in [0.4, 0.5) is 13.9 Å². The van der Waals surface area contributed by atoms with E-state index in [1.807, 2.05) is 0 Å². The van der Waals surface area contributed by atoms with Crippen LogP contribution in [-0.2, 0) is 4.79 Å². The van der Waals surface area contributed by atoms with Gasteiger partial charge in [-0.15, -0.1) is 11.8 Å². The van der Waals surface area contributed by atoms with E-state index in [1.165, 1.54) is 23.1 Å². The molecule has 0 saturated heterocycles. The second-order valence-corrected chi connectivity index (χ2v) is 9.34. The van der Waals surface area contributed by atoms with Crippen molar-refractivity contribution < 1.29 is 18.7 Å². The molecule has 4 aromatic rings. The van der Waals surface area contributed by atoms with Gasteiger partial charge in [0.2, 0.25) is 5.91 Å². The molecule has 1 aromatic carbocycles. The highest BCUT2D eigenvalue weighted by Crippen LogP contribution is 2.40. The summed E-state index contributed by atoms with van der Waals surface area (Å²) >= 11 is 2.41. The van der Waals surface area contributed by atoms with E-state index in [-0.39, 0.29) is 24.8 Å². The van der Waals surface area contributed by atoms with Gasteiger partial charge < -0.3 is 10.4 Å². The number of aliphatic hydroxyl groups is 1. The largest absolute Gasteiger partial charge is 0.396 e. The van der Waals surface area contributed by atoms with Gasteiger partial charge in [-0.3, -0.25) is 9.89 Å². The number of amides is 1. The van der Waals surface area contributed by atoms with Gasteiger partial charge in [-0.05, 0) is 31.0 Å². The Balaban J connectivity index is 1.55. The first-order valence-electron chi connectivity index (χ1n) is 9.59. The Bertz CT molecular complexity index is 1320. The van der Waals surface area contributed by atoms with Crippen molar-refractivity contribution in [3.63, 3.8) is 0 Å². The Kier molecular flexibility index (Phi) is 5.11. The number of thioether (sulfide) groups is 1. The van der Waals surface area contributed by atoms with Gasteiger partial charge in [0.1, 0.15) is 22.3 Å². The van der Waals surface area contributed by atoms with Crippen molar-refractivity contribution in [3.8, 4) is 11.3 Å². The number of aromatic amines is 1. The number of nitrogens with one attached hydrogen (secondary N) is 2. The molecule has 3 N–H and O–H groups in total. The molecule has 0 bridgehead atoms. The van der Waals surface area contributed by atoms with Crippen molar-refractivity contribution in [2.45, 2.75) is 24.4 Å². The number of nitrogens with zero attached hydrogens (tertiary/aromatic N) is 3. The van der Waals surface area contributed by atoms with Crippen LogP contribution in [-0.4, -0.2) is 49.7 Å². The first kappa shape index (κ1) is 20.3. The zero-order valence-electron chi connectivity index (χ0n) is 16.3. The minimum atomic E-state index is -1.08. The van der Waals surface area contributed by atoms with E-state index >= 15 is 4.39 Å². The summed E-state index contributed by atoms with van der Waals surface area (Å²) in [6, 6.07) is 3.51. The maximum atomic E-state index is 15.2. The van der Waals surface area contributed by atoms with Crippen molar-refractivity contribution in [3.05, 3.63) is 29.7 Å². The molecule has 160 valence electrons. The van der Waals surface area contributed by atoms with E-state index in [0.29, 0.717) is 48.5 Å². The SMILES string of the molecule is Cc1c(F)c(SCCO)c2[nH]ncc2c1-c1ccc2nc(NC(=O)[C@@H]3C[C@@H]3F)sc2n1. The van der Waals surface area contributed by atoms with Crippen LogP contribution in [0.2, 0.25) is 0 Å². The summed E-state index contributed by atoms with van der Waals surface area (Å²) in [7, 11) is 0. The average molecular weight is 462 g/mol. The molecule has 1 amide bonds. The zero-order valence-corrected chi connectivity index (χ0v) is 17.9. The van der Waals surface area contributed by atoms with Gasteiger partial charge in [0, 0.05) is 16.7 Å². The van der Waals surface area contributed by atoms with Gasteiger partial charge in [-0.1, -0.05) is 11.3 Å². The summed E-state index contributed by atoms with van der Waals surface area (Å²) in [5, 5.41) is 19.8. The number of hydrogen-bond acceptors (Lipinski definition) is 7. The van der Waals surface area contributed by atoms with Crippen LogP contribution in [0.15, 0.2) is 23.2 Å². The van der Waals surface area contributed by atoms with Gasteiger partial charge in [0.15, 0.2) is 5.13 Å². The Morgan fingerprint density at radius 2 is 2.23 bits per heavy atom. The summed E-state index contributed by atoms with van der Waals surface area (Å²) in [6.45, 7) is 1.63.